The highest BCUT2D eigenvalue weighted by Crippen LogP contribution is 2.25. The lowest BCUT2D eigenvalue weighted by Crippen LogP contribution is -2.34. The molecule has 0 spiro atoms. The number of aromatic nitrogens is 4. The second kappa shape index (κ2) is 7.27. The van der Waals surface area contributed by atoms with Crippen molar-refractivity contribution < 1.29 is 9.50 Å². The average molecular weight is 356 g/mol. The highest BCUT2D eigenvalue weighted by atomic mass is 19.1. The van der Waals surface area contributed by atoms with Crippen LogP contribution in [0.3, 0.4) is 0 Å². The Kier molecular flexibility index (Phi) is 4.68. The van der Waals surface area contributed by atoms with Crippen LogP contribution < -0.4 is 5.32 Å². The topological polar surface area (TPSA) is 82.0 Å². The Labute approximate surface area is 150 Å². The van der Waals surface area contributed by atoms with Gasteiger partial charge in [0.15, 0.2) is 0 Å². The number of nitrogens with zero attached hydrogens (tertiary/aromatic N) is 4. The average Bonchev–Trinajstić information content (AvgIpc) is 3.26. The van der Waals surface area contributed by atoms with Crippen LogP contribution in [-0.4, -0.2) is 49.6 Å². The summed E-state index contributed by atoms with van der Waals surface area (Å²) in [5.74, 6) is 1.38. The third kappa shape index (κ3) is 3.61. The molecule has 3 aromatic rings. The van der Waals surface area contributed by atoms with Crippen LogP contribution in [0.4, 0.5) is 10.2 Å². The number of H-pyrrole nitrogens is 1. The predicted octanol–water partition coefficient (Wildman–Crippen LogP) is 2.03. The van der Waals surface area contributed by atoms with E-state index in [9.17, 15) is 4.39 Å². The van der Waals surface area contributed by atoms with Gasteiger partial charge in [0, 0.05) is 25.9 Å². The lowest BCUT2D eigenvalue weighted by molar-refractivity contribution is 0.222. The van der Waals surface area contributed by atoms with Crippen LogP contribution in [0.2, 0.25) is 0 Å². The molecule has 1 aromatic carbocycles. The van der Waals surface area contributed by atoms with Gasteiger partial charge in [-0.2, -0.15) is 5.10 Å². The van der Waals surface area contributed by atoms with E-state index in [-0.39, 0.29) is 12.4 Å². The second-order valence-electron chi connectivity index (χ2n) is 6.43. The van der Waals surface area contributed by atoms with Crippen LogP contribution in [0, 0.1) is 5.82 Å². The zero-order chi connectivity index (χ0) is 17.9. The first-order valence-electron chi connectivity index (χ1n) is 8.64. The number of aliphatic hydroxyl groups is 1. The standard InChI is InChI=1S/C18H21FN6O/c19-15-4-1-3-13(7-15)9-25-10-14(8-21-25)17-22-16-11-24(5-2-6-26)12-20-18(16)23-17/h1,3-4,7-8,10,20,26H,2,5-6,9,11-12H2,(H,22,23). The molecule has 0 fully saturated rings. The quantitative estimate of drug-likeness (QED) is 0.630. The maximum Gasteiger partial charge on any atom is 0.150 e. The van der Waals surface area contributed by atoms with Gasteiger partial charge in [-0.05, 0) is 24.1 Å². The third-order valence-electron chi connectivity index (χ3n) is 4.40. The molecule has 4 rings (SSSR count). The minimum atomic E-state index is -0.245. The van der Waals surface area contributed by atoms with Gasteiger partial charge in [0.2, 0.25) is 0 Å². The van der Waals surface area contributed by atoms with Crippen LogP contribution in [0.15, 0.2) is 36.7 Å². The molecule has 8 heteroatoms. The van der Waals surface area contributed by atoms with Crippen LogP contribution in [0.5, 0.6) is 0 Å². The maximum absolute atomic E-state index is 13.3. The minimum Gasteiger partial charge on any atom is -0.396 e. The van der Waals surface area contributed by atoms with Crippen molar-refractivity contribution in [3.8, 4) is 11.4 Å². The Morgan fingerprint density at radius 2 is 2.23 bits per heavy atom. The molecule has 0 bridgehead atoms. The van der Waals surface area contributed by atoms with Gasteiger partial charge in [-0.25, -0.2) is 9.37 Å². The van der Waals surface area contributed by atoms with Gasteiger partial charge in [-0.15, -0.1) is 0 Å². The number of hydrogen-bond acceptors (Lipinski definition) is 5. The summed E-state index contributed by atoms with van der Waals surface area (Å²) in [7, 11) is 0. The van der Waals surface area contributed by atoms with Gasteiger partial charge >= 0.3 is 0 Å². The monoisotopic (exact) mass is 356 g/mol. The number of aromatic amines is 1. The van der Waals surface area contributed by atoms with Gasteiger partial charge < -0.3 is 15.4 Å². The van der Waals surface area contributed by atoms with Crippen molar-refractivity contribution in [1.29, 1.82) is 0 Å². The molecule has 0 saturated heterocycles. The van der Waals surface area contributed by atoms with Crippen molar-refractivity contribution in [3.63, 3.8) is 0 Å². The van der Waals surface area contributed by atoms with Gasteiger partial charge in [0.25, 0.3) is 0 Å². The number of imidazole rings is 1. The summed E-state index contributed by atoms with van der Waals surface area (Å²) >= 11 is 0. The van der Waals surface area contributed by atoms with E-state index in [0.29, 0.717) is 6.54 Å². The molecular weight excluding hydrogens is 335 g/mol. The molecule has 0 radical (unpaired) electrons. The lowest BCUT2D eigenvalue weighted by atomic mass is 10.2. The number of anilines is 1. The Bertz CT molecular complexity index is 889. The number of aliphatic hydroxyl groups excluding tert-OH is 1. The molecule has 0 atom stereocenters. The number of fused-ring (bicyclic) bond motifs is 1. The summed E-state index contributed by atoms with van der Waals surface area (Å²) < 4.78 is 15.1. The van der Waals surface area contributed by atoms with E-state index in [1.807, 2.05) is 12.3 Å². The first kappa shape index (κ1) is 16.7. The number of halogens is 1. The zero-order valence-electron chi connectivity index (χ0n) is 14.3. The van der Waals surface area contributed by atoms with Crippen molar-refractivity contribution in [1.82, 2.24) is 24.6 Å². The molecule has 136 valence electrons. The summed E-state index contributed by atoms with van der Waals surface area (Å²) in [6.07, 6.45) is 4.41. The van der Waals surface area contributed by atoms with Crippen molar-refractivity contribution in [2.75, 3.05) is 25.1 Å². The molecule has 0 aliphatic carbocycles. The van der Waals surface area contributed by atoms with E-state index >= 15 is 0 Å². The fourth-order valence-electron chi connectivity index (χ4n) is 3.12. The molecule has 1 aliphatic rings. The summed E-state index contributed by atoms with van der Waals surface area (Å²) in [6, 6.07) is 6.52. The smallest absolute Gasteiger partial charge is 0.150 e. The summed E-state index contributed by atoms with van der Waals surface area (Å²) in [5, 5.41) is 16.6. The van der Waals surface area contributed by atoms with Gasteiger partial charge in [0.05, 0.1) is 30.7 Å². The van der Waals surface area contributed by atoms with Crippen LogP contribution in [0.25, 0.3) is 11.4 Å². The maximum atomic E-state index is 13.3. The number of rotatable bonds is 6. The molecule has 1 aliphatic heterocycles. The van der Waals surface area contributed by atoms with E-state index in [0.717, 1.165) is 54.6 Å². The van der Waals surface area contributed by atoms with Crippen LogP contribution in [0.1, 0.15) is 17.7 Å². The molecule has 2 aromatic heterocycles. The predicted molar refractivity (Wildman–Crippen MR) is 95.9 cm³/mol. The first-order valence-corrected chi connectivity index (χ1v) is 8.64. The molecule has 3 N–H and O–H groups in total. The van der Waals surface area contributed by atoms with Gasteiger partial charge in [-0.1, -0.05) is 12.1 Å². The fourth-order valence-corrected chi connectivity index (χ4v) is 3.12. The molecule has 3 heterocycles. The van der Waals surface area contributed by atoms with E-state index in [2.05, 4.69) is 25.3 Å². The van der Waals surface area contributed by atoms with E-state index in [1.165, 1.54) is 12.1 Å². The summed E-state index contributed by atoms with van der Waals surface area (Å²) in [4.78, 5) is 10.2. The van der Waals surface area contributed by atoms with E-state index in [4.69, 9.17) is 5.11 Å². The highest BCUT2D eigenvalue weighted by Gasteiger charge is 2.20. The molecule has 0 unspecified atom stereocenters. The van der Waals surface area contributed by atoms with Crippen molar-refractivity contribution in [2.24, 2.45) is 0 Å². The fraction of sp³-hybridized carbons (Fsp3) is 0.333. The first-order chi connectivity index (χ1) is 12.7. The SMILES string of the molecule is OCCCN1CNc2nc(-c3cnn(Cc4cccc(F)c4)c3)[nH]c2C1. The molecule has 26 heavy (non-hydrogen) atoms. The number of nitrogens with one attached hydrogen (secondary N) is 2. The van der Waals surface area contributed by atoms with Crippen molar-refractivity contribution in [3.05, 3.63) is 53.7 Å². The molecule has 7 nitrogen and oxygen atoms in total. The van der Waals surface area contributed by atoms with Crippen molar-refractivity contribution in [2.45, 2.75) is 19.5 Å². The molecular formula is C18H21FN6O. The second-order valence-corrected chi connectivity index (χ2v) is 6.43. The van der Waals surface area contributed by atoms with E-state index in [1.54, 1.807) is 16.9 Å². The normalized spacial score (nSPS) is 14.2. The van der Waals surface area contributed by atoms with Gasteiger partial charge in [0.1, 0.15) is 17.5 Å². The molecule has 0 saturated carbocycles. The van der Waals surface area contributed by atoms with Crippen LogP contribution >= 0.6 is 0 Å². The number of hydrogen-bond donors (Lipinski definition) is 3. The zero-order valence-corrected chi connectivity index (χ0v) is 14.3. The summed E-state index contributed by atoms with van der Waals surface area (Å²) in [5.41, 5.74) is 2.78. The van der Waals surface area contributed by atoms with Crippen LogP contribution in [-0.2, 0) is 13.1 Å². The third-order valence-corrected chi connectivity index (χ3v) is 4.40. The highest BCUT2D eigenvalue weighted by molar-refractivity contribution is 5.59. The Morgan fingerprint density at radius 1 is 1.31 bits per heavy atom. The van der Waals surface area contributed by atoms with Crippen molar-refractivity contribution >= 4 is 5.82 Å². The minimum absolute atomic E-state index is 0.197. The Balaban J connectivity index is 1.48. The molecule has 0 amide bonds. The Hall–Kier alpha value is -2.71. The Morgan fingerprint density at radius 3 is 3.08 bits per heavy atom. The van der Waals surface area contributed by atoms with E-state index < -0.39 is 0 Å². The largest absolute Gasteiger partial charge is 0.396 e. The lowest BCUT2D eigenvalue weighted by Gasteiger charge is -2.26. The summed E-state index contributed by atoms with van der Waals surface area (Å²) in [6.45, 7) is 3.03. The van der Waals surface area contributed by atoms with Gasteiger partial charge in [-0.3, -0.25) is 9.58 Å². The number of benzene rings is 1.